The average Bonchev–Trinajstić information content (AvgIpc) is 3.29. The molecule has 0 saturated carbocycles. The first-order chi connectivity index (χ1) is 20.7. The van der Waals surface area contributed by atoms with E-state index in [1.165, 1.54) is 0 Å². The molecule has 4 heterocycles. The highest BCUT2D eigenvalue weighted by Crippen LogP contribution is 2.66. The fourth-order valence-electron chi connectivity index (χ4n) is 7.61. The van der Waals surface area contributed by atoms with Crippen LogP contribution >= 0.6 is 11.8 Å². The van der Waals surface area contributed by atoms with Gasteiger partial charge in [0.05, 0.1) is 29.2 Å². The highest BCUT2D eigenvalue weighted by molar-refractivity contribution is 8.02. The molecule has 2 saturated heterocycles. The molecule has 0 radical (unpaired) electrons. The van der Waals surface area contributed by atoms with Crippen LogP contribution in [0.3, 0.4) is 0 Å². The molecule has 4 aliphatic rings. The topological polar surface area (TPSA) is 84.4 Å². The molecular formula is C34H40N4O4S. The number of nitrogens with zero attached hydrogens (tertiary/aromatic N) is 4. The van der Waals surface area contributed by atoms with Crippen LogP contribution in [0.5, 0.6) is 0 Å². The van der Waals surface area contributed by atoms with E-state index in [4.69, 9.17) is 0 Å². The molecule has 6 rings (SSSR count). The number of carbonyl (C=O) groups is 3. The lowest BCUT2D eigenvalue weighted by atomic mass is 9.74. The van der Waals surface area contributed by atoms with Gasteiger partial charge in [0.15, 0.2) is 0 Å². The highest BCUT2D eigenvalue weighted by Gasteiger charge is 2.74. The van der Waals surface area contributed by atoms with Gasteiger partial charge in [0, 0.05) is 49.3 Å². The first-order valence-corrected chi connectivity index (χ1v) is 16.0. The Morgan fingerprint density at radius 3 is 2.23 bits per heavy atom. The van der Waals surface area contributed by atoms with E-state index in [1.807, 2.05) is 79.7 Å². The number of amides is 3. The molecule has 6 atom stereocenters. The van der Waals surface area contributed by atoms with Crippen LogP contribution < -0.4 is 9.80 Å². The molecule has 0 bridgehead atoms. The molecule has 4 aliphatic heterocycles. The van der Waals surface area contributed by atoms with Crippen LogP contribution in [-0.4, -0.2) is 88.0 Å². The smallest absolute Gasteiger partial charge is 0.251 e. The van der Waals surface area contributed by atoms with Gasteiger partial charge in [0.25, 0.3) is 5.91 Å². The summed E-state index contributed by atoms with van der Waals surface area (Å²) in [6, 6.07) is 15.7. The third-order valence-corrected chi connectivity index (χ3v) is 11.5. The Hall–Kier alpha value is -3.56. The molecule has 2 aromatic rings. The van der Waals surface area contributed by atoms with Crippen molar-refractivity contribution in [3.63, 3.8) is 0 Å². The van der Waals surface area contributed by atoms with Crippen LogP contribution in [0, 0.1) is 11.8 Å². The zero-order chi connectivity index (χ0) is 30.5. The SMILES string of the molecule is CCN(CC)c1ccc(N2CC=C[C@]34S[C@]5(C)C=CCN(C)C(=O)[C@@H]5[C@H]3C(=O)N([C@H](CO)c3ccccc3)C4C2=O)cc1. The highest BCUT2D eigenvalue weighted by atomic mass is 32.2. The van der Waals surface area contributed by atoms with Crippen molar-refractivity contribution in [3.8, 4) is 0 Å². The summed E-state index contributed by atoms with van der Waals surface area (Å²) in [5.41, 5.74) is 2.58. The molecular weight excluding hydrogens is 560 g/mol. The second-order valence-electron chi connectivity index (χ2n) is 12.0. The van der Waals surface area contributed by atoms with E-state index in [1.54, 1.807) is 33.5 Å². The van der Waals surface area contributed by atoms with Gasteiger partial charge in [-0.05, 0) is 50.6 Å². The van der Waals surface area contributed by atoms with Crippen LogP contribution in [0.4, 0.5) is 11.4 Å². The number of fused-ring (bicyclic) bond motifs is 2. The molecule has 0 aromatic heterocycles. The lowest BCUT2D eigenvalue weighted by molar-refractivity contribution is -0.145. The monoisotopic (exact) mass is 600 g/mol. The van der Waals surface area contributed by atoms with Crippen molar-refractivity contribution in [1.29, 1.82) is 0 Å². The second kappa shape index (κ2) is 11.2. The Morgan fingerprint density at radius 2 is 1.58 bits per heavy atom. The maximum Gasteiger partial charge on any atom is 0.251 e. The summed E-state index contributed by atoms with van der Waals surface area (Å²) in [5, 5.41) is 10.8. The molecule has 1 spiro atoms. The quantitative estimate of drug-likeness (QED) is 0.486. The van der Waals surface area contributed by atoms with Gasteiger partial charge in [-0.1, -0.05) is 54.6 Å². The number of anilines is 2. The van der Waals surface area contributed by atoms with Crippen LogP contribution in [0.25, 0.3) is 0 Å². The predicted molar refractivity (Wildman–Crippen MR) is 171 cm³/mol. The van der Waals surface area contributed by atoms with E-state index >= 15 is 0 Å². The van der Waals surface area contributed by atoms with Crippen LogP contribution in [-0.2, 0) is 14.4 Å². The van der Waals surface area contributed by atoms with Crippen molar-refractivity contribution in [2.45, 2.75) is 42.3 Å². The molecule has 8 nitrogen and oxygen atoms in total. The van der Waals surface area contributed by atoms with E-state index in [0.717, 1.165) is 30.0 Å². The Morgan fingerprint density at radius 1 is 0.907 bits per heavy atom. The second-order valence-corrected chi connectivity index (χ2v) is 13.8. The molecule has 3 amide bonds. The van der Waals surface area contributed by atoms with Gasteiger partial charge in [0.2, 0.25) is 11.8 Å². The maximum atomic E-state index is 14.9. The first-order valence-electron chi connectivity index (χ1n) is 15.2. The van der Waals surface area contributed by atoms with Crippen molar-refractivity contribution in [1.82, 2.24) is 9.80 Å². The van der Waals surface area contributed by atoms with Crippen molar-refractivity contribution >= 4 is 40.9 Å². The molecule has 1 N–H and O–H groups in total. The van der Waals surface area contributed by atoms with Gasteiger partial charge in [0.1, 0.15) is 6.04 Å². The molecule has 0 aliphatic carbocycles. The number of hydrogen-bond acceptors (Lipinski definition) is 6. The van der Waals surface area contributed by atoms with Crippen molar-refractivity contribution in [2.24, 2.45) is 11.8 Å². The van der Waals surface area contributed by atoms with Gasteiger partial charge in [-0.25, -0.2) is 0 Å². The zero-order valence-electron chi connectivity index (χ0n) is 25.2. The van der Waals surface area contributed by atoms with Gasteiger partial charge < -0.3 is 24.7 Å². The lowest BCUT2D eigenvalue weighted by Gasteiger charge is -2.40. The summed E-state index contributed by atoms with van der Waals surface area (Å²) in [6.45, 7) is 8.49. The fraction of sp³-hybridized carbons (Fsp3) is 0.441. The third kappa shape index (κ3) is 4.51. The number of aliphatic hydroxyl groups excluding tert-OH is 1. The van der Waals surface area contributed by atoms with Crippen molar-refractivity contribution in [2.75, 3.05) is 49.6 Å². The van der Waals surface area contributed by atoms with E-state index < -0.39 is 33.4 Å². The van der Waals surface area contributed by atoms with E-state index in [9.17, 15) is 19.5 Å². The van der Waals surface area contributed by atoms with Crippen molar-refractivity contribution in [3.05, 3.63) is 84.5 Å². The summed E-state index contributed by atoms with van der Waals surface area (Å²) in [6.07, 6.45) is 8.05. The largest absolute Gasteiger partial charge is 0.394 e. The third-order valence-electron chi connectivity index (χ3n) is 9.68. The molecule has 2 aromatic carbocycles. The van der Waals surface area contributed by atoms with Gasteiger partial charge in [-0.3, -0.25) is 14.4 Å². The Bertz CT molecular complexity index is 1460. The van der Waals surface area contributed by atoms with Crippen LogP contribution in [0.1, 0.15) is 32.4 Å². The minimum absolute atomic E-state index is 0.0926. The number of benzene rings is 2. The fourth-order valence-corrected chi connectivity index (χ4v) is 9.76. The number of carbonyl (C=O) groups excluding carboxylic acids is 3. The Labute approximate surface area is 258 Å². The summed E-state index contributed by atoms with van der Waals surface area (Å²) in [5.74, 6) is -1.96. The summed E-state index contributed by atoms with van der Waals surface area (Å²) < 4.78 is -1.65. The lowest BCUT2D eigenvalue weighted by Crippen LogP contribution is -2.54. The minimum Gasteiger partial charge on any atom is -0.394 e. The normalized spacial score (nSPS) is 30.6. The Kier molecular flexibility index (Phi) is 7.67. The summed E-state index contributed by atoms with van der Waals surface area (Å²) in [7, 11) is 1.76. The number of likely N-dealkylation sites (N-methyl/N-ethyl adjacent to an activating group) is 1. The average molecular weight is 601 g/mol. The molecule has 226 valence electrons. The van der Waals surface area contributed by atoms with Gasteiger partial charge in [-0.15, -0.1) is 11.8 Å². The standard InChI is InChI=1S/C34H40N4O4S/c1-5-36(6-2)24-14-16-25(17-15-24)37-21-11-19-34-28(27-30(40)35(4)20-10-18-33(27,3)43-34)31(41)38(29(34)32(37)42)26(22-39)23-12-8-7-9-13-23/h7-19,26-29,39H,5-6,20-22H2,1-4H3/t26-,27+,28+,29?,33-,34+/m1/s1. The number of thioether (sulfide) groups is 1. The number of aliphatic hydroxyl groups is 1. The molecule has 43 heavy (non-hydrogen) atoms. The molecule has 9 heteroatoms. The predicted octanol–water partition coefficient (Wildman–Crippen LogP) is 3.88. The number of hydrogen-bond donors (Lipinski definition) is 1. The van der Waals surface area contributed by atoms with Gasteiger partial charge >= 0.3 is 0 Å². The summed E-state index contributed by atoms with van der Waals surface area (Å²) >= 11 is 1.56. The summed E-state index contributed by atoms with van der Waals surface area (Å²) in [4.78, 5) is 50.9. The number of likely N-dealkylation sites (tertiary alicyclic amines) is 1. The molecule has 2 fully saturated rings. The van der Waals surface area contributed by atoms with Gasteiger partial charge in [-0.2, -0.15) is 0 Å². The van der Waals surface area contributed by atoms with Crippen LogP contribution in [0.2, 0.25) is 0 Å². The minimum atomic E-state index is -0.982. The van der Waals surface area contributed by atoms with E-state index in [-0.39, 0.29) is 24.3 Å². The van der Waals surface area contributed by atoms with Crippen LogP contribution in [0.15, 0.2) is 78.9 Å². The van der Waals surface area contributed by atoms with E-state index in [0.29, 0.717) is 13.1 Å². The molecule has 1 unspecified atom stereocenters. The maximum absolute atomic E-state index is 14.9. The first kappa shape index (κ1) is 29.5. The van der Waals surface area contributed by atoms with E-state index in [2.05, 4.69) is 24.8 Å². The van der Waals surface area contributed by atoms with Crippen molar-refractivity contribution < 1.29 is 19.5 Å². The Balaban J connectivity index is 1.49. The number of rotatable bonds is 7. The zero-order valence-corrected chi connectivity index (χ0v) is 26.0.